The molecule has 0 bridgehead atoms. The first-order valence-corrected chi connectivity index (χ1v) is 7.34. The SMILES string of the molecule is CC(C)C[C@@H](NC(=O)c1cc(Cl)cc2cccnc12)C(=O)O. The molecule has 0 radical (unpaired) electrons. The molecule has 0 spiro atoms. The minimum absolute atomic E-state index is 0.149. The number of carbonyl (C=O) groups excluding carboxylic acids is 1. The number of hydrogen-bond donors (Lipinski definition) is 2. The van der Waals surface area contributed by atoms with E-state index in [0.717, 1.165) is 5.39 Å². The number of nitrogens with zero attached hydrogens (tertiary/aromatic N) is 1. The minimum Gasteiger partial charge on any atom is -0.480 e. The van der Waals surface area contributed by atoms with E-state index < -0.39 is 17.9 Å². The normalized spacial score (nSPS) is 12.4. The second kappa shape index (κ2) is 6.75. The molecule has 6 heteroatoms. The Morgan fingerprint density at radius 3 is 2.73 bits per heavy atom. The number of aliphatic carboxylic acids is 1. The predicted molar refractivity (Wildman–Crippen MR) is 85.1 cm³/mol. The third-order valence-corrected chi connectivity index (χ3v) is 3.44. The predicted octanol–water partition coefficient (Wildman–Crippen LogP) is 3.12. The molecule has 2 rings (SSSR count). The van der Waals surface area contributed by atoms with E-state index in [2.05, 4.69) is 10.3 Å². The highest BCUT2D eigenvalue weighted by molar-refractivity contribution is 6.32. The van der Waals surface area contributed by atoms with Gasteiger partial charge in [0.15, 0.2) is 0 Å². The average molecular weight is 321 g/mol. The maximum atomic E-state index is 12.4. The third kappa shape index (κ3) is 3.74. The largest absolute Gasteiger partial charge is 0.480 e. The van der Waals surface area contributed by atoms with Gasteiger partial charge in [-0.1, -0.05) is 31.5 Å². The van der Waals surface area contributed by atoms with Gasteiger partial charge >= 0.3 is 5.97 Å². The van der Waals surface area contributed by atoms with E-state index in [1.54, 1.807) is 24.4 Å². The van der Waals surface area contributed by atoms with Crippen molar-refractivity contribution < 1.29 is 14.7 Å². The van der Waals surface area contributed by atoms with Crippen molar-refractivity contribution in [2.75, 3.05) is 0 Å². The lowest BCUT2D eigenvalue weighted by Crippen LogP contribution is -2.41. The number of aromatic nitrogens is 1. The van der Waals surface area contributed by atoms with Crippen LogP contribution in [0, 0.1) is 5.92 Å². The summed E-state index contributed by atoms with van der Waals surface area (Å²) < 4.78 is 0. The van der Waals surface area contributed by atoms with Gasteiger partial charge in [0, 0.05) is 16.6 Å². The fourth-order valence-electron chi connectivity index (χ4n) is 2.26. The molecule has 1 aromatic heterocycles. The number of carboxylic acid groups (broad SMARTS) is 1. The molecule has 1 amide bonds. The maximum absolute atomic E-state index is 12.4. The van der Waals surface area contributed by atoms with Gasteiger partial charge in [0.1, 0.15) is 6.04 Å². The molecular formula is C16H17ClN2O3. The van der Waals surface area contributed by atoms with Gasteiger partial charge in [-0.25, -0.2) is 4.79 Å². The van der Waals surface area contributed by atoms with Gasteiger partial charge in [-0.05, 0) is 30.5 Å². The molecular weight excluding hydrogens is 304 g/mol. The Hall–Kier alpha value is -2.14. The van der Waals surface area contributed by atoms with Gasteiger partial charge in [-0.2, -0.15) is 0 Å². The lowest BCUT2D eigenvalue weighted by molar-refractivity contribution is -0.139. The summed E-state index contributed by atoms with van der Waals surface area (Å²) in [6, 6.07) is 5.82. The van der Waals surface area contributed by atoms with Crippen molar-refractivity contribution in [2.45, 2.75) is 26.3 Å². The summed E-state index contributed by atoms with van der Waals surface area (Å²) >= 11 is 6.03. The van der Waals surface area contributed by atoms with E-state index in [0.29, 0.717) is 17.0 Å². The summed E-state index contributed by atoms with van der Waals surface area (Å²) in [5.74, 6) is -1.39. The number of pyridine rings is 1. The summed E-state index contributed by atoms with van der Waals surface area (Å²) in [7, 11) is 0. The number of amides is 1. The van der Waals surface area contributed by atoms with E-state index in [4.69, 9.17) is 11.6 Å². The number of hydrogen-bond acceptors (Lipinski definition) is 3. The van der Waals surface area contributed by atoms with Crippen LogP contribution in [-0.2, 0) is 4.79 Å². The monoisotopic (exact) mass is 320 g/mol. The summed E-state index contributed by atoms with van der Waals surface area (Å²) in [6.45, 7) is 3.80. The standard InChI is InChI=1S/C16H17ClN2O3/c1-9(2)6-13(16(21)22)19-15(20)12-8-11(17)7-10-4-3-5-18-14(10)12/h3-5,7-9,13H,6H2,1-2H3,(H,19,20)(H,21,22)/t13-/m1/s1. The Kier molecular flexibility index (Phi) is 4.98. The second-order valence-corrected chi connectivity index (χ2v) is 5.96. The minimum atomic E-state index is -1.05. The molecule has 0 fully saturated rings. The summed E-state index contributed by atoms with van der Waals surface area (Å²) in [4.78, 5) is 27.9. The van der Waals surface area contributed by atoms with Gasteiger partial charge < -0.3 is 10.4 Å². The molecule has 2 N–H and O–H groups in total. The van der Waals surface area contributed by atoms with Gasteiger partial charge in [0.25, 0.3) is 5.91 Å². The van der Waals surface area contributed by atoms with Crippen LogP contribution in [0.4, 0.5) is 0 Å². The van der Waals surface area contributed by atoms with E-state index in [1.165, 1.54) is 6.07 Å². The summed E-state index contributed by atoms with van der Waals surface area (Å²) in [6.07, 6.45) is 1.93. The zero-order valence-corrected chi connectivity index (χ0v) is 13.1. The highest BCUT2D eigenvalue weighted by atomic mass is 35.5. The van der Waals surface area contributed by atoms with Crippen molar-refractivity contribution in [3.63, 3.8) is 0 Å². The molecule has 2 aromatic rings. The molecule has 0 saturated heterocycles. The number of halogens is 1. The van der Waals surface area contributed by atoms with Crippen molar-refractivity contribution in [3.05, 3.63) is 41.0 Å². The number of rotatable bonds is 5. The van der Waals surface area contributed by atoms with Crippen molar-refractivity contribution >= 4 is 34.4 Å². The van der Waals surface area contributed by atoms with E-state index in [9.17, 15) is 14.7 Å². The smallest absolute Gasteiger partial charge is 0.326 e. The van der Waals surface area contributed by atoms with Crippen LogP contribution in [-0.4, -0.2) is 28.0 Å². The molecule has 0 aliphatic heterocycles. The van der Waals surface area contributed by atoms with Crippen LogP contribution in [0.5, 0.6) is 0 Å². The Bertz CT molecular complexity index is 716. The molecule has 1 heterocycles. The molecule has 0 aliphatic carbocycles. The highest BCUT2D eigenvalue weighted by Crippen LogP contribution is 2.22. The van der Waals surface area contributed by atoms with E-state index in [-0.39, 0.29) is 11.5 Å². The van der Waals surface area contributed by atoms with Crippen molar-refractivity contribution in [2.24, 2.45) is 5.92 Å². The first-order valence-electron chi connectivity index (χ1n) is 6.96. The molecule has 1 atom stereocenters. The number of carboxylic acids is 1. The number of carbonyl (C=O) groups is 2. The second-order valence-electron chi connectivity index (χ2n) is 5.52. The molecule has 5 nitrogen and oxygen atoms in total. The number of benzene rings is 1. The zero-order chi connectivity index (χ0) is 16.3. The van der Waals surface area contributed by atoms with Gasteiger partial charge in [-0.3, -0.25) is 9.78 Å². The lowest BCUT2D eigenvalue weighted by Gasteiger charge is -2.17. The third-order valence-electron chi connectivity index (χ3n) is 3.22. The van der Waals surface area contributed by atoms with Crippen LogP contribution in [0.25, 0.3) is 10.9 Å². The fourth-order valence-corrected chi connectivity index (χ4v) is 2.48. The highest BCUT2D eigenvalue weighted by Gasteiger charge is 2.23. The Labute approximate surface area is 133 Å². The van der Waals surface area contributed by atoms with Gasteiger partial charge in [0.05, 0.1) is 11.1 Å². The molecule has 1 aromatic carbocycles. The Balaban J connectivity index is 2.35. The molecule has 22 heavy (non-hydrogen) atoms. The molecule has 0 unspecified atom stereocenters. The fraction of sp³-hybridized carbons (Fsp3) is 0.312. The first kappa shape index (κ1) is 16.2. The number of fused-ring (bicyclic) bond motifs is 1. The van der Waals surface area contributed by atoms with Crippen LogP contribution in [0.15, 0.2) is 30.5 Å². The Morgan fingerprint density at radius 1 is 1.36 bits per heavy atom. The first-order chi connectivity index (χ1) is 10.4. The average Bonchev–Trinajstić information content (AvgIpc) is 2.44. The molecule has 0 saturated carbocycles. The summed E-state index contributed by atoms with van der Waals surface area (Å²) in [5, 5.41) is 12.9. The van der Waals surface area contributed by atoms with Crippen LogP contribution < -0.4 is 5.32 Å². The van der Waals surface area contributed by atoms with E-state index >= 15 is 0 Å². The van der Waals surface area contributed by atoms with Gasteiger partial charge in [-0.15, -0.1) is 0 Å². The zero-order valence-electron chi connectivity index (χ0n) is 12.3. The number of nitrogens with one attached hydrogen (secondary N) is 1. The quantitative estimate of drug-likeness (QED) is 0.887. The van der Waals surface area contributed by atoms with Crippen LogP contribution in [0.1, 0.15) is 30.6 Å². The topological polar surface area (TPSA) is 79.3 Å². The molecule has 116 valence electrons. The summed E-state index contributed by atoms with van der Waals surface area (Å²) in [5.41, 5.74) is 0.774. The maximum Gasteiger partial charge on any atom is 0.326 e. The Morgan fingerprint density at radius 2 is 2.09 bits per heavy atom. The van der Waals surface area contributed by atoms with Crippen molar-refractivity contribution in [3.8, 4) is 0 Å². The molecule has 0 aliphatic rings. The van der Waals surface area contributed by atoms with Crippen molar-refractivity contribution in [1.29, 1.82) is 0 Å². The van der Waals surface area contributed by atoms with Crippen LogP contribution in [0.2, 0.25) is 5.02 Å². The van der Waals surface area contributed by atoms with Crippen molar-refractivity contribution in [1.82, 2.24) is 10.3 Å². The van der Waals surface area contributed by atoms with Crippen LogP contribution in [0.3, 0.4) is 0 Å². The van der Waals surface area contributed by atoms with Gasteiger partial charge in [0.2, 0.25) is 0 Å². The van der Waals surface area contributed by atoms with Crippen LogP contribution >= 0.6 is 11.6 Å². The lowest BCUT2D eigenvalue weighted by atomic mass is 10.0. The van der Waals surface area contributed by atoms with E-state index in [1.807, 2.05) is 13.8 Å².